The van der Waals surface area contributed by atoms with Crippen LogP contribution in [-0.2, 0) is 6.54 Å². The number of aliphatic hydroxyl groups is 1. The minimum Gasteiger partial charge on any atom is -0.396 e. The lowest BCUT2D eigenvalue weighted by Gasteiger charge is -2.07. The Labute approximate surface area is 98.3 Å². The number of unbranched alkanes of at least 4 members (excludes halogenated alkanes) is 2. The fourth-order valence-electron chi connectivity index (χ4n) is 1.88. The van der Waals surface area contributed by atoms with E-state index < -0.39 is 0 Å². The molecule has 0 aliphatic heterocycles. The summed E-state index contributed by atoms with van der Waals surface area (Å²) in [6.07, 6.45) is 9.55. The van der Waals surface area contributed by atoms with Crippen LogP contribution >= 0.6 is 0 Å². The molecule has 1 atom stereocenters. The molecule has 0 aromatic carbocycles. The molecule has 0 bridgehead atoms. The molecule has 1 aromatic rings. The molecule has 3 nitrogen and oxygen atoms in total. The number of hydrogen-bond acceptors (Lipinski definition) is 2. The summed E-state index contributed by atoms with van der Waals surface area (Å²) >= 11 is 0. The number of rotatable bonds is 8. The number of aryl methyl sites for hydroxylation is 1. The molecule has 3 N–H and O–H groups in total. The average Bonchev–Trinajstić information content (AvgIpc) is 2.73. The molecule has 0 amide bonds. The first-order valence-corrected chi connectivity index (χ1v) is 6.30. The monoisotopic (exact) mass is 224 g/mol. The van der Waals surface area contributed by atoms with Crippen LogP contribution < -0.4 is 5.73 Å². The first kappa shape index (κ1) is 13.3. The lowest BCUT2D eigenvalue weighted by molar-refractivity contribution is 0.282. The molecule has 1 heterocycles. The van der Waals surface area contributed by atoms with E-state index in [9.17, 15) is 0 Å². The Morgan fingerprint density at radius 2 is 2.19 bits per heavy atom. The minimum atomic E-state index is 0.184. The highest BCUT2D eigenvalue weighted by atomic mass is 16.2. The van der Waals surface area contributed by atoms with Crippen LogP contribution in [0.4, 0.5) is 0 Å². The van der Waals surface area contributed by atoms with Crippen molar-refractivity contribution in [2.45, 2.75) is 51.6 Å². The molecule has 92 valence electrons. The molecule has 3 heteroatoms. The number of nitrogens with zero attached hydrogens (tertiary/aromatic N) is 1. The van der Waals surface area contributed by atoms with E-state index in [1.54, 1.807) is 0 Å². The van der Waals surface area contributed by atoms with Crippen molar-refractivity contribution >= 4 is 0 Å². The van der Waals surface area contributed by atoms with Crippen molar-refractivity contribution in [2.75, 3.05) is 6.61 Å². The van der Waals surface area contributed by atoms with Crippen molar-refractivity contribution in [2.24, 2.45) is 5.73 Å². The van der Waals surface area contributed by atoms with Crippen molar-refractivity contribution in [1.29, 1.82) is 0 Å². The Morgan fingerprint density at radius 3 is 2.88 bits per heavy atom. The van der Waals surface area contributed by atoms with E-state index >= 15 is 0 Å². The van der Waals surface area contributed by atoms with Gasteiger partial charge in [0.25, 0.3) is 0 Å². The lowest BCUT2D eigenvalue weighted by atomic mass is 10.1. The summed E-state index contributed by atoms with van der Waals surface area (Å²) < 4.78 is 2.20. The maximum atomic E-state index is 8.68. The molecular weight excluding hydrogens is 200 g/mol. The molecule has 1 rings (SSSR count). The number of aromatic nitrogens is 1. The Bertz CT molecular complexity index is 283. The third-order valence-electron chi connectivity index (χ3n) is 2.88. The van der Waals surface area contributed by atoms with Crippen molar-refractivity contribution in [3.05, 3.63) is 24.0 Å². The molecule has 0 saturated heterocycles. The maximum absolute atomic E-state index is 8.68. The second-order valence-electron chi connectivity index (χ2n) is 4.36. The van der Waals surface area contributed by atoms with Crippen molar-refractivity contribution in [3.63, 3.8) is 0 Å². The molecule has 1 aromatic heterocycles. The molecule has 16 heavy (non-hydrogen) atoms. The van der Waals surface area contributed by atoms with Gasteiger partial charge >= 0.3 is 0 Å². The smallest absolute Gasteiger partial charge is 0.0431 e. The SMILES string of the molecule is CCCC(N)c1ccn(CCCCCO)c1. The van der Waals surface area contributed by atoms with Gasteiger partial charge in [-0.25, -0.2) is 0 Å². The van der Waals surface area contributed by atoms with Crippen LogP contribution in [0.15, 0.2) is 18.5 Å². The van der Waals surface area contributed by atoms with Gasteiger partial charge in [-0.3, -0.25) is 0 Å². The van der Waals surface area contributed by atoms with E-state index in [1.165, 1.54) is 5.56 Å². The summed E-state index contributed by atoms with van der Waals surface area (Å²) in [6, 6.07) is 2.30. The fourth-order valence-corrected chi connectivity index (χ4v) is 1.88. The highest BCUT2D eigenvalue weighted by molar-refractivity contribution is 5.14. The predicted molar refractivity (Wildman–Crippen MR) is 67.2 cm³/mol. The number of nitrogens with two attached hydrogens (primary N) is 1. The summed E-state index contributed by atoms with van der Waals surface area (Å²) in [4.78, 5) is 0. The predicted octanol–water partition coefficient (Wildman–Crippen LogP) is 2.45. The molecule has 0 fully saturated rings. The Kier molecular flexibility index (Phi) is 6.19. The van der Waals surface area contributed by atoms with Crippen LogP contribution in [0.1, 0.15) is 50.6 Å². The van der Waals surface area contributed by atoms with E-state index in [2.05, 4.69) is 30.0 Å². The summed E-state index contributed by atoms with van der Waals surface area (Å²) in [7, 11) is 0. The minimum absolute atomic E-state index is 0.184. The van der Waals surface area contributed by atoms with Gasteiger partial charge in [-0.05, 0) is 37.3 Å². The molecule has 0 spiro atoms. The van der Waals surface area contributed by atoms with Gasteiger partial charge in [-0.1, -0.05) is 13.3 Å². The van der Waals surface area contributed by atoms with Crippen LogP contribution in [0.2, 0.25) is 0 Å². The first-order chi connectivity index (χ1) is 7.77. The maximum Gasteiger partial charge on any atom is 0.0431 e. The van der Waals surface area contributed by atoms with Crippen LogP contribution in [0, 0.1) is 0 Å². The van der Waals surface area contributed by atoms with Crippen molar-refractivity contribution < 1.29 is 5.11 Å². The van der Waals surface area contributed by atoms with Gasteiger partial charge in [-0.15, -0.1) is 0 Å². The van der Waals surface area contributed by atoms with Crippen LogP contribution in [0.25, 0.3) is 0 Å². The second-order valence-corrected chi connectivity index (χ2v) is 4.36. The summed E-state index contributed by atoms with van der Waals surface area (Å²) in [5.74, 6) is 0. The summed E-state index contributed by atoms with van der Waals surface area (Å²) in [5.41, 5.74) is 7.29. The molecule has 0 aliphatic carbocycles. The van der Waals surface area contributed by atoms with Gasteiger partial charge in [0.15, 0.2) is 0 Å². The van der Waals surface area contributed by atoms with Gasteiger partial charge in [-0.2, -0.15) is 0 Å². The largest absolute Gasteiger partial charge is 0.396 e. The standard InChI is InChI=1S/C13H24N2O/c1-2-6-13(14)12-7-9-15(11-12)8-4-3-5-10-16/h7,9,11,13,16H,2-6,8,10,14H2,1H3. The zero-order chi connectivity index (χ0) is 11.8. The summed E-state index contributed by atoms with van der Waals surface area (Å²) in [6.45, 7) is 3.49. The highest BCUT2D eigenvalue weighted by Gasteiger charge is 2.05. The average molecular weight is 224 g/mol. The normalized spacial score (nSPS) is 12.9. The Morgan fingerprint density at radius 1 is 1.38 bits per heavy atom. The van der Waals surface area contributed by atoms with E-state index in [0.717, 1.165) is 38.6 Å². The molecule has 0 saturated carbocycles. The van der Waals surface area contributed by atoms with Crippen LogP contribution in [0.5, 0.6) is 0 Å². The third kappa shape index (κ3) is 4.37. The lowest BCUT2D eigenvalue weighted by Crippen LogP contribution is -2.08. The molecule has 0 aliphatic rings. The molecule has 0 radical (unpaired) electrons. The van der Waals surface area contributed by atoms with E-state index in [0.29, 0.717) is 6.61 Å². The van der Waals surface area contributed by atoms with Gasteiger partial charge in [0, 0.05) is 31.6 Å². The van der Waals surface area contributed by atoms with Gasteiger partial charge in [0.2, 0.25) is 0 Å². The highest BCUT2D eigenvalue weighted by Crippen LogP contribution is 2.16. The van der Waals surface area contributed by atoms with E-state index in [4.69, 9.17) is 10.8 Å². The van der Waals surface area contributed by atoms with E-state index in [-0.39, 0.29) is 6.04 Å². The Balaban J connectivity index is 2.33. The van der Waals surface area contributed by atoms with Crippen molar-refractivity contribution in [1.82, 2.24) is 4.57 Å². The number of aliphatic hydroxyl groups excluding tert-OH is 1. The zero-order valence-corrected chi connectivity index (χ0v) is 10.2. The van der Waals surface area contributed by atoms with Crippen molar-refractivity contribution in [3.8, 4) is 0 Å². The molecular formula is C13H24N2O. The Hall–Kier alpha value is -0.800. The second kappa shape index (κ2) is 7.47. The molecule has 1 unspecified atom stereocenters. The van der Waals surface area contributed by atoms with Crippen LogP contribution in [-0.4, -0.2) is 16.3 Å². The van der Waals surface area contributed by atoms with Gasteiger partial charge < -0.3 is 15.4 Å². The van der Waals surface area contributed by atoms with Gasteiger partial charge in [0.1, 0.15) is 0 Å². The summed E-state index contributed by atoms with van der Waals surface area (Å²) in [5, 5.41) is 8.68. The topological polar surface area (TPSA) is 51.2 Å². The van der Waals surface area contributed by atoms with Crippen LogP contribution in [0.3, 0.4) is 0 Å². The van der Waals surface area contributed by atoms with Gasteiger partial charge in [0.05, 0.1) is 0 Å². The first-order valence-electron chi connectivity index (χ1n) is 6.30. The fraction of sp³-hybridized carbons (Fsp3) is 0.692. The zero-order valence-electron chi connectivity index (χ0n) is 10.2. The number of hydrogen-bond donors (Lipinski definition) is 2. The van der Waals surface area contributed by atoms with E-state index in [1.807, 2.05) is 0 Å². The third-order valence-corrected chi connectivity index (χ3v) is 2.88. The quantitative estimate of drug-likeness (QED) is 0.666.